The SMILES string of the molecule is O=C(CCCc1cn[nH]c1)N1CC2C[C@@H]3CC1C[C@H](C2)C3. The van der Waals surface area contributed by atoms with Crippen molar-refractivity contribution in [3.63, 3.8) is 0 Å². The van der Waals surface area contributed by atoms with Crippen molar-refractivity contribution in [2.45, 2.75) is 57.4 Å². The number of aromatic nitrogens is 2. The number of aryl methyl sites for hydroxylation is 1. The van der Waals surface area contributed by atoms with Gasteiger partial charge in [0.05, 0.1) is 6.20 Å². The molecule has 2 saturated heterocycles. The Bertz CT molecular complexity index is 484. The Balaban J connectivity index is 1.35. The van der Waals surface area contributed by atoms with Gasteiger partial charge in [-0.15, -0.1) is 0 Å². The molecule has 21 heavy (non-hydrogen) atoms. The van der Waals surface area contributed by atoms with E-state index in [9.17, 15) is 4.79 Å². The summed E-state index contributed by atoms with van der Waals surface area (Å²) in [4.78, 5) is 14.9. The minimum atomic E-state index is 0.400. The van der Waals surface area contributed by atoms with Gasteiger partial charge >= 0.3 is 0 Å². The van der Waals surface area contributed by atoms with Crippen LogP contribution in [-0.2, 0) is 11.2 Å². The maximum absolute atomic E-state index is 12.6. The maximum atomic E-state index is 12.6. The van der Waals surface area contributed by atoms with Crippen LogP contribution in [0.3, 0.4) is 0 Å². The Morgan fingerprint density at radius 2 is 1.95 bits per heavy atom. The molecule has 3 heterocycles. The molecule has 2 saturated carbocycles. The first kappa shape index (κ1) is 13.4. The highest BCUT2D eigenvalue weighted by Gasteiger charge is 2.43. The Hall–Kier alpha value is -1.32. The van der Waals surface area contributed by atoms with E-state index >= 15 is 0 Å². The Morgan fingerprint density at radius 3 is 2.67 bits per heavy atom. The van der Waals surface area contributed by atoms with Crippen LogP contribution in [0.15, 0.2) is 12.4 Å². The van der Waals surface area contributed by atoms with Crippen molar-refractivity contribution in [2.75, 3.05) is 6.54 Å². The van der Waals surface area contributed by atoms with Crippen molar-refractivity contribution in [1.29, 1.82) is 0 Å². The van der Waals surface area contributed by atoms with Gasteiger partial charge in [0.2, 0.25) is 5.91 Å². The first-order valence-corrected chi connectivity index (χ1v) is 8.55. The molecule has 4 nitrogen and oxygen atoms in total. The van der Waals surface area contributed by atoms with E-state index in [4.69, 9.17) is 0 Å². The summed E-state index contributed by atoms with van der Waals surface area (Å²) in [7, 11) is 0. The van der Waals surface area contributed by atoms with Crippen LogP contribution in [0, 0.1) is 17.8 Å². The average molecular weight is 287 g/mol. The number of hydrogen-bond acceptors (Lipinski definition) is 2. The highest BCUT2D eigenvalue weighted by atomic mass is 16.2. The number of hydrogen-bond donors (Lipinski definition) is 1. The van der Waals surface area contributed by atoms with Crippen LogP contribution in [-0.4, -0.2) is 33.6 Å². The lowest BCUT2D eigenvalue weighted by Crippen LogP contribution is -2.42. The van der Waals surface area contributed by atoms with E-state index in [-0.39, 0.29) is 0 Å². The number of nitrogens with one attached hydrogen (secondary N) is 1. The molecule has 1 aromatic rings. The summed E-state index contributed by atoms with van der Waals surface area (Å²) in [5, 5.41) is 6.79. The summed E-state index contributed by atoms with van der Waals surface area (Å²) < 4.78 is 0. The molecule has 4 aliphatic rings. The maximum Gasteiger partial charge on any atom is 0.222 e. The van der Waals surface area contributed by atoms with Crippen LogP contribution < -0.4 is 0 Å². The highest BCUT2D eigenvalue weighted by molar-refractivity contribution is 5.76. The van der Waals surface area contributed by atoms with Gasteiger partial charge < -0.3 is 4.90 Å². The third kappa shape index (κ3) is 2.72. The number of rotatable bonds is 4. The van der Waals surface area contributed by atoms with E-state index in [1.165, 1.54) is 37.7 Å². The zero-order valence-corrected chi connectivity index (χ0v) is 12.6. The minimum absolute atomic E-state index is 0.400. The van der Waals surface area contributed by atoms with Crippen LogP contribution in [0.4, 0.5) is 0 Å². The van der Waals surface area contributed by atoms with E-state index in [1.807, 2.05) is 12.4 Å². The number of nitrogens with zero attached hydrogens (tertiary/aromatic N) is 2. The largest absolute Gasteiger partial charge is 0.339 e. The van der Waals surface area contributed by atoms with Gasteiger partial charge in [-0.1, -0.05) is 0 Å². The van der Waals surface area contributed by atoms with Crippen molar-refractivity contribution >= 4 is 5.91 Å². The lowest BCUT2D eigenvalue weighted by Gasteiger charge is -2.39. The van der Waals surface area contributed by atoms with Gasteiger partial charge in [-0.25, -0.2) is 0 Å². The second-order valence-corrected chi connectivity index (χ2v) is 7.44. The third-order valence-electron chi connectivity index (χ3n) is 5.84. The molecule has 4 fully saturated rings. The zero-order chi connectivity index (χ0) is 14.2. The second kappa shape index (κ2) is 5.47. The standard InChI is InChI=1S/C17H25N3O/c21-17(3-1-2-12-9-18-19-10-12)20-11-15-5-13-4-14(6-15)8-16(20)7-13/h9-10,13-16H,1-8,11H2,(H,18,19)/t13-,14+,15?,16?. The number of carbonyl (C=O) groups is 1. The molecule has 0 radical (unpaired) electrons. The zero-order valence-electron chi connectivity index (χ0n) is 12.6. The Morgan fingerprint density at radius 1 is 1.19 bits per heavy atom. The molecule has 4 bridgehead atoms. The first-order valence-electron chi connectivity index (χ1n) is 8.55. The monoisotopic (exact) mass is 287 g/mol. The molecular weight excluding hydrogens is 262 g/mol. The summed E-state index contributed by atoms with van der Waals surface area (Å²) in [6.45, 7) is 1.04. The van der Waals surface area contributed by atoms with Crippen molar-refractivity contribution in [3.8, 4) is 0 Å². The van der Waals surface area contributed by atoms with Gasteiger partial charge in [0.25, 0.3) is 0 Å². The van der Waals surface area contributed by atoms with E-state index in [0.29, 0.717) is 18.4 Å². The summed E-state index contributed by atoms with van der Waals surface area (Å²) in [5.74, 6) is 3.02. The summed E-state index contributed by atoms with van der Waals surface area (Å²) in [5.41, 5.74) is 1.21. The van der Waals surface area contributed by atoms with Crippen LogP contribution in [0.5, 0.6) is 0 Å². The lowest BCUT2D eigenvalue weighted by atomic mass is 9.68. The van der Waals surface area contributed by atoms with Crippen molar-refractivity contribution in [1.82, 2.24) is 15.1 Å². The lowest BCUT2D eigenvalue weighted by molar-refractivity contribution is -0.134. The van der Waals surface area contributed by atoms with Gasteiger partial charge in [-0.05, 0) is 68.3 Å². The van der Waals surface area contributed by atoms with E-state index in [0.717, 1.165) is 37.1 Å². The van der Waals surface area contributed by atoms with Crippen LogP contribution in [0.1, 0.15) is 50.5 Å². The molecule has 1 N–H and O–H groups in total. The molecule has 2 aliphatic carbocycles. The highest BCUT2D eigenvalue weighted by Crippen LogP contribution is 2.47. The normalized spacial score (nSPS) is 34.2. The summed E-state index contributed by atoms with van der Waals surface area (Å²) >= 11 is 0. The molecule has 1 amide bonds. The minimum Gasteiger partial charge on any atom is -0.339 e. The first-order chi connectivity index (χ1) is 10.3. The van der Waals surface area contributed by atoms with Crippen molar-refractivity contribution in [2.24, 2.45) is 17.8 Å². The van der Waals surface area contributed by atoms with E-state index in [1.54, 1.807) is 0 Å². The molecule has 5 rings (SSSR count). The third-order valence-corrected chi connectivity index (χ3v) is 5.84. The smallest absolute Gasteiger partial charge is 0.222 e. The molecule has 2 aliphatic heterocycles. The summed E-state index contributed by atoms with van der Waals surface area (Å²) in [6.07, 6.45) is 13.1. The average Bonchev–Trinajstić information content (AvgIpc) is 2.89. The topological polar surface area (TPSA) is 49.0 Å². The molecule has 1 aromatic heterocycles. The predicted molar refractivity (Wildman–Crippen MR) is 80.6 cm³/mol. The fourth-order valence-corrected chi connectivity index (χ4v) is 5.09. The van der Waals surface area contributed by atoms with Gasteiger partial charge in [0, 0.05) is 25.2 Å². The molecule has 4 heteroatoms. The Kier molecular flexibility index (Phi) is 3.48. The van der Waals surface area contributed by atoms with Gasteiger partial charge in [-0.3, -0.25) is 9.89 Å². The van der Waals surface area contributed by atoms with Crippen LogP contribution >= 0.6 is 0 Å². The molecular formula is C17H25N3O. The molecule has 2 unspecified atom stereocenters. The number of amides is 1. The number of H-pyrrole nitrogens is 1. The quantitative estimate of drug-likeness (QED) is 0.925. The van der Waals surface area contributed by atoms with Gasteiger partial charge in [0.15, 0.2) is 0 Å². The predicted octanol–water partition coefficient (Wildman–Crippen LogP) is 2.77. The van der Waals surface area contributed by atoms with Crippen molar-refractivity contribution in [3.05, 3.63) is 18.0 Å². The molecule has 0 spiro atoms. The molecule has 4 atom stereocenters. The number of fused-ring (bicyclic) bond motifs is 1. The van der Waals surface area contributed by atoms with Gasteiger partial charge in [0.1, 0.15) is 0 Å². The van der Waals surface area contributed by atoms with E-state index in [2.05, 4.69) is 15.1 Å². The second-order valence-electron chi connectivity index (χ2n) is 7.44. The fraction of sp³-hybridized carbons (Fsp3) is 0.765. The van der Waals surface area contributed by atoms with Crippen molar-refractivity contribution < 1.29 is 4.79 Å². The van der Waals surface area contributed by atoms with E-state index < -0.39 is 0 Å². The number of aromatic amines is 1. The Labute approximate surface area is 126 Å². The molecule has 0 aromatic carbocycles. The van der Waals surface area contributed by atoms with Gasteiger partial charge in [-0.2, -0.15) is 5.10 Å². The van der Waals surface area contributed by atoms with Crippen LogP contribution in [0.25, 0.3) is 0 Å². The molecule has 114 valence electrons. The van der Waals surface area contributed by atoms with Crippen LogP contribution in [0.2, 0.25) is 0 Å². The fourth-order valence-electron chi connectivity index (χ4n) is 5.09. The number of carbonyl (C=O) groups excluding carboxylic acids is 1. The summed E-state index contributed by atoms with van der Waals surface area (Å²) in [6, 6.07) is 0.558.